The number of carbonyl (C=O) groups excluding carboxylic acids is 3. The largest absolute Gasteiger partial charge is 0.465 e. The van der Waals surface area contributed by atoms with Crippen LogP contribution < -0.4 is 4.74 Å². The maximum Gasteiger partial charge on any atom is 0.349 e. The topological polar surface area (TPSA) is 78.9 Å². The SMILES string of the molecule is C=C(CC(=O)OCCCCCC)C(=O)OCC(=O)Oc1ccccc1. The van der Waals surface area contributed by atoms with Crippen molar-refractivity contribution in [1.29, 1.82) is 0 Å². The van der Waals surface area contributed by atoms with Gasteiger partial charge in [-0.15, -0.1) is 0 Å². The summed E-state index contributed by atoms with van der Waals surface area (Å²) in [4.78, 5) is 34.9. The van der Waals surface area contributed by atoms with E-state index in [0.717, 1.165) is 25.7 Å². The van der Waals surface area contributed by atoms with Crippen molar-refractivity contribution in [2.24, 2.45) is 0 Å². The molecule has 0 radical (unpaired) electrons. The molecule has 0 aliphatic rings. The number of hydrogen-bond donors (Lipinski definition) is 0. The van der Waals surface area contributed by atoms with Gasteiger partial charge in [-0.05, 0) is 18.6 Å². The van der Waals surface area contributed by atoms with Crippen LogP contribution in [0.25, 0.3) is 0 Å². The highest BCUT2D eigenvalue weighted by Crippen LogP contribution is 2.09. The number of carbonyl (C=O) groups is 3. The molecule has 0 aliphatic carbocycles. The lowest BCUT2D eigenvalue weighted by molar-refractivity contribution is -0.152. The number of unbranched alkanes of at least 4 members (excludes halogenated alkanes) is 3. The van der Waals surface area contributed by atoms with E-state index >= 15 is 0 Å². The summed E-state index contributed by atoms with van der Waals surface area (Å²) in [6.07, 6.45) is 3.72. The van der Waals surface area contributed by atoms with Gasteiger partial charge in [0.25, 0.3) is 0 Å². The molecule has 0 heterocycles. The highest BCUT2D eigenvalue weighted by molar-refractivity contribution is 5.94. The van der Waals surface area contributed by atoms with Gasteiger partial charge in [0.05, 0.1) is 13.0 Å². The van der Waals surface area contributed by atoms with Gasteiger partial charge < -0.3 is 14.2 Å². The van der Waals surface area contributed by atoms with Crippen LogP contribution in [0, 0.1) is 0 Å². The average Bonchev–Trinajstić information content (AvgIpc) is 2.60. The molecule has 0 aliphatic heterocycles. The van der Waals surface area contributed by atoms with E-state index in [1.54, 1.807) is 30.3 Å². The van der Waals surface area contributed by atoms with Gasteiger partial charge in [-0.25, -0.2) is 9.59 Å². The van der Waals surface area contributed by atoms with Crippen LogP contribution in [0.15, 0.2) is 42.5 Å². The van der Waals surface area contributed by atoms with Crippen molar-refractivity contribution in [3.63, 3.8) is 0 Å². The van der Waals surface area contributed by atoms with Crippen molar-refractivity contribution in [2.75, 3.05) is 13.2 Å². The first-order chi connectivity index (χ1) is 12.0. The summed E-state index contributed by atoms with van der Waals surface area (Å²) in [6, 6.07) is 8.42. The van der Waals surface area contributed by atoms with E-state index in [2.05, 4.69) is 13.5 Å². The number of para-hydroxylation sites is 1. The fourth-order valence-electron chi connectivity index (χ4n) is 1.89. The third kappa shape index (κ3) is 9.30. The van der Waals surface area contributed by atoms with Crippen LogP contribution in [0.4, 0.5) is 0 Å². The van der Waals surface area contributed by atoms with Crippen LogP contribution in [-0.4, -0.2) is 31.1 Å². The molecule has 1 aromatic carbocycles. The normalized spacial score (nSPS) is 9.96. The Balaban J connectivity index is 2.21. The second-order valence-electron chi connectivity index (χ2n) is 5.42. The predicted molar refractivity (Wildman–Crippen MR) is 91.9 cm³/mol. The van der Waals surface area contributed by atoms with E-state index in [1.807, 2.05) is 0 Å². The van der Waals surface area contributed by atoms with Gasteiger partial charge in [-0.2, -0.15) is 0 Å². The number of ether oxygens (including phenoxy) is 3. The van der Waals surface area contributed by atoms with Crippen LogP contribution in [0.1, 0.15) is 39.0 Å². The molecular formula is C19H24O6. The minimum absolute atomic E-state index is 0.0638. The molecule has 0 saturated heterocycles. The zero-order valence-electron chi connectivity index (χ0n) is 14.5. The quantitative estimate of drug-likeness (QED) is 0.264. The lowest BCUT2D eigenvalue weighted by Crippen LogP contribution is -2.20. The van der Waals surface area contributed by atoms with Gasteiger partial charge in [0.2, 0.25) is 0 Å². The fourth-order valence-corrected chi connectivity index (χ4v) is 1.89. The van der Waals surface area contributed by atoms with Crippen LogP contribution in [0.2, 0.25) is 0 Å². The second-order valence-corrected chi connectivity index (χ2v) is 5.42. The van der Waals surface area contributed by atoms with E-state index in [9.17, 15) is 14.4 Å². The van der Waals surface area contributed by atoms with Gasteiger partial charge in [0, 0.05) is 5.57 Å². The molecule has 0 unspecified atom stereocenters. The third-order valence-corrected chi connectivity index (χ3v) is 3.20. The summed E-state index contributed by atoms with van der Waals surface area (Å²) in [7, 11) is 0. The minimum Gasteiger partial charge on any atom is -0.465 e. The Morgan fingerprint density at radius 2 is 1.68 bits per heavy atom. The fraction of sp³-hybridized carbons (Fsp3) is 0.421. The third-order valence-electron chi connectivity index (χ3n) is 3.20. The van der Waals surface area contributed by atoms with Crippen LogP contribution in [-0.2, 0) is 23.9 Å². The monoisotopic (exact) mass is 348 g/mol. The Hall–Kier alpha value is -2.63. The first kappa shape index (κ1) is 20.4. The molecule has 0 saturated carbocycles. The van der Waals surface area contributed by atoms with Crippen molar-refractivity contribution in [3.8, 4) is 5.75 Å². The zero-order valence-corrected chi connectivity index (χ0v) is 14.5. The lowest BCUT2D eigenvalue weighted by Gasteiger charge is -2.08. The number of benzene rings is 1. The summed E-state index contributed by atoms with van der Waals surface area (Å²) < 4.78 is 14.8. The Morgan fingerprint density at radius 1 is 0.960 bits per heavy atom. The van der Waals surface area contributed by atoms with Gasteiger partial charge >= 0.3 is 17.9 Å². The highest BCUT2D eigenvalue weighted by Gasteiger charge is 2.16. The molecule has 1 rings (SSSR count). The van der Waals surface area contributed by atoms with Crippen molar-refractivity contribution >= 4 is 17.9 Å². The van der Waals surface area contributed by atoms with Crippen molar-refractivity contribution in [1.82, 2.24) is 0 Å². The first-order valence-corrected chi connectivity index (χ1v) is 8.29. The van der Waals surface area contributed by atoms with Crippen molar-refractivity contribution in [2.45, 2.75) is 39.0 Å². The molecule has 6 nitrogen and oxygen atoms in total. The molecule has 0 spiro atoms. The predicted octanol–water partition coefficient (Wildman–Crippen LogP) is 3.21. The summed E-state index contributed by atoms with van der Waals surface area (Å²) in [5, 5.41) is 0. The van der Waals surface area contributed by atoms with Gasteiger partial charge in [-0.1, -0.05) is 51.0 Å². The van der Waals surface area contributed by atoms with Crippen LogP contribution >= 0.6 is 0 Å². The number of hydrogen-bond acceptors (Lipinski definition) is 6. The van der Waals surface area contributed by atoms with Crippen LogP contribution in [0.5, 0.6) is 5.75 Å². The lowest BCUT2D eigenvalue weighted by atomic mass is 10.2. The minimum atomic E-state index is -0.826. The Bertz CT molecular complexity index is 579. The maximum absolute atomic E-state index is 11.7. The molecule has 6 heteroatoms. The van der Waals surface area contributed by atoms with E-state index in [-0.39, 0.29) is 12.0 Å². The molecule has 0 bridgehead atoms. The van der Waals surface area contributed by atoms with Gasteiger partial charge in [0.1, 0.15) is 5.75 Å². The molecule has 0 fully saturated rings. The molecule has 136 valence electrons. The van der Waals surface area contributed by atoms with Crippen molar-refractivity contribution in [3.05, 3.63) is 42.5 Å². The van der Waals surface area contributed by atoms with E-state index in [1.165, 1.54) is 0 Å². The van der Waals surface area contributed by atoms with Gasteiger partial charge in [0.15, 0.2) is 6.61 Å². The second kappa shape index (κ2) is 11.8. The summed E-state index contributed by atoms with van der Waals surface area (Å²) >= 11 is 0. The van der Waals surface area contributed by atoms with E-state index < -0.39 is 24.5 Å². The zero-order chi connectivity index (χ0) is 18.5. The number of esters is 3. The standard InChI is InChI=1S/C19H24O6/c1-3-4-5-9-12-23-17(20)13-15(2)19(22)24-14-18(21)25-16-10-7-6-8-11-16/h6-8,10-11H,2-5,9,12-14H2,1H3. The van der Waals surface area contributed by atoms with E-state index in [0.29, 0.717) is 12.4 Å². The Morgan fingerprint density at radius 3 is 2.36 bits per heavy atom. The smallest absolute Gasteiger partial charge is 0.349 e. The molecule has 0 N–H and O–H groups in total. The first-order valence-electron chi connectivity index (χ1n) is 8.29. The molecule has 0 atom stereocenters. The molecule has 1 aromatic rings. The van der Waals surface area contributed by atoms with E-state index in [4.69, 9.17) is 14.2 Å². The Kier molecular flexibility index (Phi) is 9.67. The van der Waals surface area contributed by atoms with Crippen molar-refractivity contribution < 1.29 is 28.6 Å². The molecule has 0 aromatic heterocycles. The molecule has 0 amide bonds. The average molecular weight is 348 g/mol. The summed E-state index contributed by atoms with van der Waals surface area (Å²) in [5.74, 6) is -1.72. The maximum atomic E-state index is 11.7. The molecule has 25 heavy (non-hydrogen) atoms. The summed E-state index contributed by atoms with van der Waals surface area (Å²) in [5.41, 5.74) is -0.0638. The highest BCUT2D eigenvalue weighted by atomic mass is 16.6. The van der Waals surface area contributed by atoms with Gasteiger partial charge in [-0.3, -0.25) is 4.79 Å². The molecular weight excluding hydrogens is 324 g/mol. The van der Waals surface area contributed by atoms with Crippen LogP contribution in [0.3, 0.4) is 0 Å². The Labute approximate surface area is 147 Å². The number of rotatable bonds is 11. The summed E-state index contributed by atoms with van der Waals surface area (Å²) in [6.45, 7) is 5.35.